The quantitative estimate of drug-likeness (QED) is 0.844. The van der Waals surface area contributed by atoms with Gasteiger partial charge in [0.15, 0.2) is 0 Å². The molecule has 0 aromatic carbocycles. The van der Waals surface area contributed by atoms with Crippen LogP contribution in [0, 0.1) is 5.92 Å². The second-order valence-electron chi connectivity index (χ2n) is 6.83. The molecule has 0 radical (unpaired) electrons. The largest absolute Gasteiger partial charge is 0.491 e. The van der Waals surface area contributed by atoms with Gasteiger partial charge in [-0.3, -0.25) is 14.5 Å². The van der Waals surface area contributed by atoms with Crippen LogP contribution in [-0.4, -0.2) is 38.7 Å². The van der Waals surface area contributed by atoms with E-state index in [-0.39, 0.29) is 11.8 Å². The molecule has 2 aliphatic rings. The van der Waals surface area contributed by atoms with Crippen LogP contribution in [0.1, 0.15) is 36.4 Å². The summed E-state index contributed by atoms with van der Waals surface area (Å²) in [7, 11) is 1.92. The monoisotopic (exact) mass is 326 g/mol. The fourth-order valence-corrected chi connectivity index (χ4v) is 3.29. The Bertz CT molecular complexity index is 724. The van der Waals surface area contributed by atoms with Crippen molar-refractivity contribution in [1.82, 2.24) is 19.7 Å². The first-order valence-corrected chi connectivity index (χ1v) is 8.52. The Morgan fingerprint density at radius 1 is 1.42 bits per heavy atom. The fourth-order valence-electron chi connectivity index (χ4n) is 3.29. The Kier molecular flexibility index (Phi) is 3.96. The Balaban J connectivity index is 1.49. The lowest BCUT2D eigenvalue weighted by Gasteiger charge is -2.32. The number of carbonyl (C=O) groups is 1. The molecule has 6 heteroatoms. The number of aromatic nitrogens is 3. The van der Waals surface area contributed by atoms with Crippen LogP contribution >= 0.6 is 0 Å². The highest BCUT2D eigenvalue weighted by atomic mass is 16.5. The average molecular weight is 326 g/mol. The lowest BCUT2D eigenvalue weighted by molar-refractivity contribution is -0.133. The predicted octanol–water partition coefficient (Wildman–Crippen LogP) is 2.12. The average Bonchev–Trinajstić information content (AvgIpc) is 3.31. The first-order chi connectivity index (χ1) is 11.7. The minimum atomic E-state index is 0.0957. The Labute approximate surface area is 141 Å². The molecule has 4 rings (SSSR count). The maximum atomic E-state index is 12.5. The standard InChI is InChI=1S/C18H22N4O2/c1-21-9-14-10-22(17(23)7-13-4-5-13)11-15(18(14)20-21)12-24-16-3-2-6-19-8-16/h2-3,6,8-9,13,15H,4-5,7,10-12H2,1H3. The SMILES string of the molecule is Cn1cc2c(n1)C(COc1cccnc1)CN(C(=O)CC1CC1)C2. The summed E-state index contributed by atoms with van der Waals surface area (Å²) in [6.45, 7) is 1.84. The van der Waals surface area contributed by atoms with Gasteiger partial charge >= 0.3 is 0 Å². The summed E-state index contributed by atoms with van der Waals surface area (Å²) in [5, 5.41) is 4.60. The Hall–Kier alpha value is -2.37. The lowest BCUT2D eigenvalue weighted by Crippen LogP contribution is -2.39. The molecule has 3 heterocycles. The molecule has 0 N–H and O–H groups in total. The molecule has 1 fully saturated rings. The summed E-state index contributed by atoms with van der Waals surface area (Å²) in [5.41, 5.74) is 2.18. The van der Waals surface area contributed by atoms with Gasteiger partial charge in [-0.05, 0) is 30.9 Å². The van der Waals surface area contributed by atoms with Gasteiger partial charge in [-0.15, -0.1) is 0 Å². The highest BCUT2D eigenvalue weighted by molar-refractivity contribution is 5.77. The summed E-state index contributed by atoms with van der Waals surface area (Å²) in [6.07, 6.45) is 8.53. The van der Waals surface area contributed by atoms with Gasteiger partial charge in [0.05, 0.1) is 24.4 Å². The fraction of sp³-hybridized carbons (Fsp3) is 0.500. The third-order valence-electron chi connectivity index (χ3n) is 4.72. The van der Waals surface area contributed by atoms with E-state index in [1.54, 1.807) is 12.4 Å². The van der Waals surface area contributed by atoms with E-state index in [1.165, 1.54) is 12.8 Å². The van der Waals surface area contributed by atoms with Gasteiger partial charge in [-0.25, -0.2) is 0 Å². The summed E-state index contributed by atoms with van der Waals surface area (Å²) in [5.74, 6) is 1.71. The molecule has 0 saturated heterocycles. The molecule has 2 aromatic rings. The topological polar surface area (TPSA) is 60.2 Å². The number of rotatable bonds is 5. The van der Waals surface area contributed by atoms with E-state index in [0.717, 1.165) is 17.0 Å². The summed E-state index contributed by atoms with van der Waals surface area (Å²) >= 11 is 0. The van der Waals surface area contributed by atoms with Crippen molar-refractivity contribution in [2.75, 3.05) is 13.2 Å². The number of ether oxygens (including phenoxy) is 1. The molecule has 0 bridgehead atoms. The van der Waals surface area contributed by atoms with Crippen LogP contribution in [0.25, 0.3) is 0 Å². The van der Waals surface area contributed by atoms with Crippen LogP contribution in [0.4, 0.5) is 0 Å². The van der Waals surface area contributed by atoms with Gasteiger partial charge in [-0.2, -0.15) is 5.10 Å². The molecule has 1 atom stereocenters. The summed E-state index contributed by atoms with van der Waals surface area (Å²) < 4.78 is 7.71. The Morgan fingerprint density at radius 2 is 2.29 bits per heavy atom. The van der Waals surface area contributed by atoms with Crippen molar-refractivity contribution in [1.29, 1.82) is 0 Å². The van der Waals surface area contributed by atoms with Crippen LogP contribution in [0.15, 0.2) is 30.7 Å². The van der Waals surface area contributed by atoms with Crippen LogP contribution in [-0.2, 0) is 18.4 Å². The van der Waals surface area contributed by atoms with Crippen LogP contribution in [0.2, 0.25) is 0 Å². The molecule has 1 aliphatic carbocycles. The molecule has 1 aliphatic heterocycles. The van der Waals surface area contributed by atoms with E-state index in [0.29, 0.717) is 32.0 Å². The van der Waals surface area contributed by atoms with E-state index in [1.807, 2.05) is 35.0 Å². The molecule has 0 spiro atoms. The molecule has 126 valence electrons. The number of amides is 1. The van der Waals surface area contributed by atoms with Crippen LogP contribution < -0.4 is 4.74 Å². The maximum absolute atomic E-state index is 12.5. The van der Waals surface area contributed by atoms with E-state index in [4.69, 9.17) is 4.74 Å². The van der Waals surface area contributed by atoms with Crippen molar-refractivity contribution < 1.29 is 9.53 Å². The number of carbonyl (C=O) groups excluding carboxylic acids is 1. The van der Waals surface area contributed by atoms with Crippen molar-refractivity contribution in [3.05, 3.63) is 42.0 Å². The first kappa shape index (κ1) is 15.2. The van der Waals surface area contributed by atoms with Crippen LogP contribution in [0.3, 0.4) is 0 Å². The molecule has 1 amide bonds. The second-order valence-corrected chi connectivity index (χ2v) is 6.83. The molecular formula is C18H22N4O2. The highest BCUT2D eigenvalue weighted by Gasteiger charge is 2.33. The molecule has 1 unspecified atom stereocenters. The van der Waals surface area contributed by atoms with Gasteiger partial charge in [0, 0.05) is 44.5 Å². The smallest absolute Gasteiger partial charge is 0.223 e. The maximum Gasteiger partial charge on any atom is 0.223 e. The molecule has 24 heavy (non-hydrogen) atoms. The summed E-state index contributed by atoms with van der Waals surface area (Å²) in [6, 6.07) is 3.75. The third-order valence-corrected chi connectivity index (χ3v) is 4.72. The van der Waals surface area contributed by atoms with Crippen LogP contribution in [0.5, 0.6) is 5.75 Å². The van der Waals surface area contributed by atoms with E-state index in [9.17, 15) is 4.79 Å². The number of pyridine rings is 1. The predicted molar refractivity (Wildman–Crippen MR) is 88.4 cm³/mol. The van der Waals surface area contributed by atoms with Crippen molar-refractivity contribution in [3.63, 3.8) is 0 Å². The third kappa shape index (κ3) is 3.27. The van der Waals surface area contributed by atoms with Gasteiger partial charge in [0.2, 0.25) is 5.91 Å². The van der Waals surface area contributed by atoms with Crippen molar-refractivity contribution in [3.8, 4) is 5.75 Å². The molecular weight excluding hydrogens is 304 g/mol. The first-order valence-electron chi connectivity index (χ1n) is 8.52. The van der Waals surface area contributed by atoms with E-state index < -0.39 is 0 Å². The number of hydrogen-bond acceptors (Lipinski definition) is 4. The highest BCUT2D eigenvalue weighted by Crippen LogP contribution is 2.34. The zero-order valence-electron chi connectivity index (χ0n) is 13.9. The van der Waals surface area contributed by atoms with Crippen molar-refractivity contribution in [2.24, 2.45) is 13.0 Å². The second kappa shape index (κ2) is 6.26. The number of nitrogens with zero attached hydrogens (tertiary/aromatic N) is 4. The molecule has 1 saturated carbocycles. The van der Waals surface area contributed by atoms with Gasteiger partial charge in [0.1, 0.15) is 5.75 Å². The molecule has 6 nitrogen and oxygen atoms in total. The molecule has 2 aromatic heterocycles. The van der Waals surface area contributed by atoms with Crippen molar-refractivity contribution >= 4 is 5.91 Å². The number of fused-ring (bicyclic) bond motifs is 1. The minimum absolute atomic E-state index is 0.0957. The zero-order chi connectivity index (χ0) is 16.5. The van der Waals surface area contributed by atoms with Gasteiger partial charge in [-0.1, -0.05) is 0 Å². The number of hydrogen-bond donors (Lipinski definition) is 0. The number of aryl methyl sites for hydroxylation is 1. The summed E-state index contributed by atoms with van der Waals surface area (Å²) in [4.78, 5) is 18.6. The van der Waals surface area contributed by atoms with Gasteiger partial charge < -0.3 is 9.64 Å². The van der Waals surface area contributed by atoms with Gasteiger partial charge in [0.25, 0.3) is 0 Å². The normalized spacial score (nSPS) is 19.9. The Morgan fingerprint density at radius 3 is 3.04 bits per heavy atom. The van der Waals surface area contributed by atoms with E-state index in [2.05, 4.69) is 10.1 Å². The zero-order valence-corrected chi connectivity index (χ0v) is 13.9. The van der Waals surface area contributed by atoms with E-state index >= 15 is 0 Å². The lowest BCUT2D eigenvalue weighted by atomic mass is 9.97. The minimum Gasteiger partial charge on any atom is -0.491 e. The van der Waals surface area contributed by atoms with Crippen molar-refractivity contribution in [2.45, 2.75) is 31.7 Å².